The second-order valence-corrected chi connectivity index (χ2v) is 12.0. The zero-order chi connectivity index (χ0) is 28.5. The molecule has 3 amide bonds. The van der Waals surface area contributed by atoms with Crippen LogP contribution >= 0.6 is 0 Å². The van der Waals surface area contributed by atoms with Gasteiger partial charge in [-0.15, -0.1) is 0 Å². The summed E-state index contributed by atoms with van der Waals surface area (Å²) in [5.74, 6) is -2.10. The summed E-state index contributed by atoms with van der Waals surface area (Å²) in [6.07, 6.45) is 2.22. The number of aliphatic hydroxyl groups excluding tert-OH is 1. The fourth-order valence-corrected chi connectivity index (χ4v) is 7.34. The van der Waals surface area contributed by atoms with Gasteiger partial charge in [0.1, 0.15) is 11.6 Å². The zero-order valence-corrected chi connectivity index (χ0v) is 23.6. The van der Waals surface area contributed by atoms with Crippen molar-refractivity contribution in [2.75, 3.05) is 6.61 Å². The molecule has 2 aromatic carbocycles. The smallest absolute Gasteiger partial charge is 0.246 e. The molecule has 0 aliphatic carbocycles. The summed E-state index contributed by atoms with van der Waals surface area (Å²) in [6.45, 7) is 6.44. The summed E-state index contributed by atoms with van der Waals surface area (Å²) in [7, 11) is 0. The van der Waals surface area contributed by atoms with Crippen molar-refractivity contribution in [3.63, 3.8) is 0 Å². The average molecular weight is 548 g/mol. The fraction of sp³-hybridized carbons (Fsp3) is 0.531. The van der Waals surface area contributed by atoms with Crippen LogP contribution < -0.4 is 10.6 Å². The Hall–Kier alpha value is -3.23. The molecule has 3 N–H and O–H groups in total. The largest absolute Gasteiger partial charge is 0.394 e. The van der Waals surface area contributed by atoms with Gasteiger partial charge in [-0.2, -0.15) is 0 Å². The average Bonchev–Trinajstić information content (AvgIpc) is 3.58. The molecule has 6 atom stereocenters. The summed E-state index contributed by atoms with van der Waals surface area (Å²) in [4.78, 5) is 43.8. The molecular weight excluding hydrogens is 506 g/mol. The molecule has 0 saturated carbocycles. The van der Waals surface area contributed by atoms with Crippen LogP contribution in [0.5, 0.6) is 0 Å². The van der Waals surface area contributed by atoms with Gasteiger partial charge >= 0.3 is 0 Å². The number of ether oxygens (including phenoxy) is 1. The van der Waals surface area contributed by atoms with E-state index in [1.807, 2.05) is 81.4 Å². The Morgan fingerprint density at radius 1 is 0.975 bits per heavy atom. The molecule has 8 heteroatoms. The van der Waals surface area contributed by atoms with Crippen LogP contribution in [0, 0.1) is 17.8 Å². The summed E-state index contributed by atoms with van der Waals surface area (Å²) in [5, 5.41) is 16.5. The molecule has 40 heavy (non-hydrogen) atoms. The lowest BCUT2D eigenvalue weighted by atomic mass is 9.65. The van der Waals surface area contributed by atoms with Gasteiger partial charge in [-0.25, -0.2) is 0 Å². The van der Waals surface area contributed by atoms with Gasteiger partial charge in [-0.05, 0) is 42.7 Å². The van der Waals surface area contributed by atoms with Gasteiger partial charge in [0.05, 0.1) is 30.1 Å². The number of nitrogens with one attached hydrogen (secondary N) is 2. The Morgan fingerprint density at radius 2 is 1.55 bits per heavy atom. The predicted molar refractivity (Wildman–Crippen MR) is 151 cm³/mol. The molecule has 2 unspecified atom stereocenters. The molecule has 3 saturated heterocycles. The molecule has 2 bridgehead atoms. The van der Waals surface area contributed by atoms with Gasteiger partial charge in [-0.1, -0.05) is 81.4 Å². The number of amides is 3. The van der Waals surface area contributed by atoms with Crippen molar-refractivity contribution >= 4 is 17.7 Å². The van der Waals surface area contributed by atoms with E-state index >= 15 is 0 Å². The number of nitrogens with zero attached hydrogens (tertiary/aromatic N) is 1. The first-order valence-electron chi connectivity index (χ1n) is 14.5. The van der Waals surface area contributed by atoms with E-state index in [0.29, 0.717) is 38.8 Å². The Morgan fingerprint density at radius 3 is 2.08 bits per heavy atom. The summed E-state index contributed by atoms with van der Waals surface area (Å²) in [6, 6.07) is 17.8. The van der Waals surface area contributed by atoms with Gasteiger partial charge in [0, 0.05) is 13.1 Å². The van der Waals surface area contributed by atoms with Crippen molar-refractivity contribution in [3.8, 4) is 0 Å². The maximum absolute atomic E-state index is 14.4. The highest BCUT2D eigenvalue weighted by molar-refractivity contribution is 5.99. The molecule has 5 rings (SSSR count). The number of carbonyl (C=O) groups is 3. The predicted octanol–water partition coefficient (Wildman–Crippen LogP) is 3.18. The third-order valence-electron chi connectivity index (χ3n) is 9.12. The number of fused-ring (bicyclic) bond motifs is 1. The van der Waals surface area contributed by atoms with Crippen LogP contribution in [-0.2, 0) is 32.2 Å². The maximum atomic E-state index is 14.4. The van der Waals surface area contributed by atoms with Crippen LogP contribution in [0.3, 0.4) is 0 Å². The van der Waals surface area contributed by atoms with Crippen LogP contribution in [0.4, 0.5) is 0 Å². The third kappa shape index (κ3) is 4.81. The Bertz CT molecular complexity index is 1220. The van der Waals surface area contributed by atoms with E-state index in [1.165, 1.54) is 0 Å². The number of hydrogen-bond acceptors (Lipinski definition) is 5. The van der Waals surface area contributed by atoms with E-state index in [-0.39, 0.29) is 30.2 Å². The highest BCUT2D eigenvalue weighted by Gasteiger charge is 2.79. The Labute approximate surface area is 236 Å². The number of hydrogen-bond donors (Lipinski definition) is 3. The molecule has 8 nitrogen and oxygen atoms in total. The molecule has 214 valence electrons. The fourth-order valence-electron chi connectivity index (χ4n) is 7.34. The second kappa shape index (κ2) is 11.3. The highest BCUT2D eigenvalue weighted by atomic mass is 16.5. The quantitative estimate of drug-likeness (QED) is 0.401. The lowest BCUT2D eigenvalue weighted by Gasteiger charge is -2.38. The molecule has 0 radical (unpaired) electrons. The minimum Gasteiger partial charge on any atom is -0.394 e. The minimum absolute atomic E-state index is 0.195. The molecule has 3 aliphatic rings. The van der Waals surface area contributed by atoms with Gasteiger partial charge in [0.25, 0.3) is 0 Å². The maximum Gasteiger partial charge on any atom is 0.246 e. The number of benzene rings is 2. The van der Waals surface area contributed by atoms with Crippen molar-refractivity contribution in [2.24, 2.45) is 17.8 Å². The number of rotatable bonds is 11. The van der Waals surface area contributed by atoms with Gasteiger partial charge < -0.3 is 25.4 Å². The molecule has 1 spiro atoms. The van der Waals surface area contributed by atoms with Gasteiger partial charge in [0.2, 0.25) is 17.7 Å². The standard InChI is InChI=1S/C32H41N3O5/c1-4-31-15-16-32(40-31)26(25(31)28(37)33-18-22-11-7-5-8-12-22)30(39)35(24(20-36)17-21(2)3)27(32)29(38)34-19-23-13-9-6-10-14-23/h5-14,21,24-27,36H,4,15-20H2,1-3H3,(H,33,37)(H,34,38)/t24-,25-,26+,27?,31+,32?/m1/s1. The first-order valence-corrected chi connectivity index (χ1v) is 14.5. The lowest BCUT2D eigenvalue weighted by molar-refractivity contribution is -0.151. The van der Waals surface area contributed by atoms with Crippen molar-refractivity contribution in [2.45, 2.75) is 82.8 Å². The topological polar surface area (TPSA) is 108 Å². The SMILES string of the molecule is CC[C@@]12CCC3(O1)C(C(=O)NCc1ccccc1)N([C@@H](CO)CC(C)C)C(=O)[C@@H]3[C@@H]2C(=O)NCc1ccccc1. The van der Waals surface area contributed by atoms with Crippen molar-refractivity contribution in [1.29, 1.82) is 0 Å². The first-order chi connectivity index (χ1) is 19.3. The number of carbonyl (C=O) groups excluding carboxylic acids is 3. The Balaban J connectivity index is 1.49. The van der Waals surface area contributed by atoms with E-state index in [0.717, 1.165) is 11.1 Å². The van der Waals surface area contributed by atoms with Crippen LogP contribution in [0.2, 0.25) is 0 Å². The third-order valence-corrected chi connectivity index (χ3v) is 9.12. The van der Waals surface area contributed by atoms with E-state index in [1.54, 1.807) is 4.90 Å². The zero-order valence-electron chi connectivity index (χ0n) is 23.6. The summed E-state index contributed by atoms with van der Waals surface area (Å²) >= 11 is 0. The van der Waals surface area contributed by atoms with Crippen LogP contribution in [0.25, 0.3) is 0 Å². The van der Waals surface area contributed by atoms with Crippen molar-refractivity contribution < 1.29 is 24.2 Å². The minimum atomic E-state index is -1.12. The lowest BCUT2D eigenvalue weighted by Crippen LogP contribution is -2.58. The molecule has 3 fully saturated rings. The normalized spacial score (nSPS) is 29.5. The second-order valence-electron chi connectivity index (χ2n) is 12.0. The van der Waals surface area contributed by atoms with Gasteiger partial charge in [-0.3, -0.25) is 14.4 Å². The van der Waals surface area contributed by atoms with Gasteiger partial charge in [0.15, 0.2) is 0 Å². The van der Waals surface area contributed by atoms with E-state index < -0.39 is 35.1 Å². The Kier molecular flexibility index (Phi) is 8.02. The van der Waals surface area contributed by atoms with E-state index in [9.17, 15) is 19.5 Å². The number of likely N-dealkylation sites (tertiary alicyclic amines) is 1. The number of aliphatic hydroxyl groups is 1. The molecule has 3 heterocycles. The summed E-state index contributed by atoms with van der Waals surface area (Å²) in [5.41, 5.74) is -0.0122. The summed E-state index contributed by atoms with van der Waals surface area (Å²) < 4.78 is 6.83. The molecule has 2 aromatic rings. The monoisotopic (exact) mass is 547 g/mol. The molecule has 3 aliphatic heterocycles. The van der Waals surface area contributed by atoms with Crippen LogP contribution in [0.1, 0.15) is 57.6 Å². The molecular formula is C32H41N3O5. The first kappa shape index (κ1) is 28.3. The van der Waals surface area contributed by atoms with Crippen molar-refractivity contribution in [1.82, 2.24) is 15.5 Å². The highest BCUT2D eigenvalue weighted by Crippen LogP contribution is 2.64. The van der Waals surface area contributed by atoms with Crippen LogP contribution in [-0.4, -0.2) is 57.6 Å². The van der Waals surface area contributed by atoms with E-state index in [4.69, 9.17) is 4.74 Å². The molecule has 0 aromatic heterocycles. The van der Waals surface area contributed by atoms with Crippen molar-refractivity contribution in [3.05, 3.63) is 71.8 Å². The van der Waals surface area contributed by atoms with Crippen LogP contribution in [0.15, 0.2) is 60.7 Å². The van der Waals surface area contributed by atoms with E-state index in [2.05, 4.69) is 10.6 Å².